The number of para-hydroxylation sites is 1. The van der Waals surface area contributed by atoms with E-state index in [2.05, 4.69) is 36.3 Å². The molecule has 1 saturated carbocycles. The van der Waals surface area contributed by atoms with Crippen molar-refractivity contribution in [3.8, 4) is 5.75 Å². The average molecular weight is 466 g/mol. The molecule has 1 fully saturated rings. The van der Waals surface area contributed by atoms with Crippen LogP contribution in [0.1, 0.15) is 42.6 Å². The first-order valence-electron chi connectivity index (χ1n) is 12.1. The molecule has 0 aromatic heterocycles. The Morgan fingerprint density at radius 2 is 1.94 bits per heavy atom. The topological polar surface area (TPSA) is 82.1 Å². The van der Waals surface area contributed by atoms with Crippen molar-refractivity contribution in [1.29, 1.82) is 0 Å². The molecule has 2 amide bonds. The molecule has 182 valence electrons. The molecule has 1 aliphatic heterocycles. The lowest BCUT2D eigenvalue weighted by Gasteiger charge is -2.38. The second kappa shape index (κ2) is 10.6. The average Bonchev–Trinajstić information content (AvgIpc) is 3.67. The van der Waals surface area contributed by atoms with Crippen molar-refractivity contribution in [2.75, 3.05) is 32.1 Å². The van der Waals surface area contributed by atoms with E-state index >= 15 is 0 Å². The highest BCUT2D eigenvalue weighted by atomic mass is 16.5. The third kappa shape index (κ3) is 5.59. The van der Waals surface area contributed by atoms with Crippen LogP contribution in [0.4, 0.5) is 5.69 Å². The minimum Gasteiger partial charge on any atom is -0.486 e. The predicted octanol–water partition coefficient (Wildman–Crippen LogP) is 3.39. The van der Waals surface area contributed by atoms with E-state index in [9.17, 15) is 14.7 Å². The maximum Gasteiger partial charge on any atom is 0.258 e. The molecular formula is C27H35N3O4. The van der Waals surface area contributed by atoms with Gasteiger partial charge in [0.15, 0.2) is 5.75 Å². The van der Waals surface area contributed by atoms with Gasteiger partial charge in [0.2, 0.25) is 5.91 Å². The van der Waals surface area contributed by atoms with Crippen LogP contribution in [-0.2, 0) is 11.3 Å². The van der Waals surface area contributed by atoms with Gasteiger partial charge in [0.25, 0.3) is 5.91 Å². The van der Waals surface area contributed by atoms with Crippen molar-refractivity contribution in [2.45, 2.75) is 45.4 Å². The molecule has 0 unspecified atom stereocenters. The van der Waals surface area contributed by atoms with Gasteiger partial charge < -0.3 is 20.1 Å². The molecule has 0 saturated heterocycles. The Bertz CT molecular complexity index is 1010. The molecule has 2 N–H and O–H groups in total. The van der Waals surface area contributed by atoms with Gasteiger partial charge >= 0.3 is 0 Å². The first-order valence-corrected chi connectivity index (χ1v) is 12.1. The van der Waals surface area contributed by atoms with Gasteiger partial charge in [0.05, 0.1) is 23.9 Å². The molecule has 34 heavy (non-hydrogen) atoms. The van der Waals surface area contributed by atoms with Crippen LogP contribution in [0.3, 0.4) is 0 Å². The lowest BCUT2D eigenvalue weighted by Crippen LogP contribution is -2.49. The van der Waals surface area contributed by atoms with Gasteiger partial charge in [-0.25, -0.2) is 0 Å². The first kappa shape index (κ1) is 24.2. The number of likely N-dealkylation sites (N-methyl/N-ethyl adjacent to an activating group) is 1. The monoisotopic (exact) mass is 465 g/mol. The number of carbonyl (C=O) groups excluding carboxylic acids is 2. The zero-order valence-corrected chi connectivity index (χ0v) is 20.2. The summed E-state index contributed by atoms with van der Waals surface area (Å²) >= 11 is 0. The van der Waals surface area contributed by atoms with Gasteiger partial charge in [-0.05, 0) is 44.5 Å². The summed E-state index contributed by atoms with van der Waals surface area (Å²) in [5.74, 6) is 0.246. The summed E-state index contributed by atoms with van der Waals surface area (Å²) in [6, 6.07) is 15.2. The van der Waals surface area contributed by atoms with Crippen molar-refractivity contribution in [3.05, 3.63) is 59.7 Å². The maximum absolute atomic E-state index is 13.5. The second-order valence-corrected chi connectivity index (χ2v) is 9.75. The normalized spacial score (nSPS) is 21.3. The zero-order valence-electron chi connectivity index (χ0n) is 20.2. The quantitative estimate of drug-likeness (QED) is 0.625. The van der Waals surface area contributed by atoms with E-state index in [4.69, 9.17) is 4.74 Å². The Balaban J connectivity index is 1.64. The van der Waals surface area contributed by atoms with Crippen LogP contribution in [0, 0.1) is 11.8 Å². The highest BCUT2D eigenvalue weighted by Crippen LogP contribution is 2.37. The van der Waals surface area contributed by atoms with Crippen molar-refractivity contribution in [1.82, 2.24) is 9.80 Å². The number of anilines is 1. The molecule has 0 radical (unpaired) electrons. The minimum absolute atomic E-state index is 0.0107. The molecule has 1 aliphatic carbocycles. The van der Waals surface area contributed by atoms with Gasteiger partial charge in [-0.3, -0.25) is 14.5 Å². The number of amides is 2. The Morgan fingerprint density at radius 1 is 1.21 bits per heavy atom. The molecule has 2 aliphatic rings. The molecule has 2 aromatic carbocycles. The number of nitrogens with one attached hydrogen (secondary N) is 1. The third-order valence-corrected chi connectivity index (χ3v) is 6.68. The van der Waals surface area contributed by atoms with E-state index in [1.807, 2.05) is 25.1 Å². The van der Waals surface area contributed by atoms with Gasteiger partial charge in [-0.1, -0.05) is 43.3 Å². The Kier molecular flexibility index (Phi) is 7.54. The summed E-state index contributed by atoms with van der Waals surface area (Å²) in [5, 5.41) is 12.8. The number of hydrogen-bond donors (Lipinski definition) is 2. The van der Waals surface area contributed by atoms with Crippen molar-refractivity contribution < 1.29 is 19.4 Å². The van der Waals surface area contributed by atoms with E-state index in [-0.39, 0.29) is 42.4 Å². The van der Waals surface area contributed by atoms with E-state index < -0.39 is 0 Å². The van der Waals surface area contributed by atoms with Crippen LogP contribution in [-0.4, -0.2) is 65.6 Å². The SMILES string of the molecule is C[C@H](CO)N1C[C@H](C)[C@H](CN(C)Cc2ccccc2)Oc2c(NC(=O)C3CC3)cccc2C1=O. The smallest absolute Gasteiger partial charge is 0.258 e. The van der Waals surface area contributed by atoms with Crippen molar-refractivity contribution in [3.63, 3.8) is 0 Å². The summed E-state index contributed by atoms with van der Waals surface area (Å²) < 4.78 is 6.56. The number of fused-ring (bicyclic) bond motifs is 1. The Morgan fingerprint density at radius 3 is 2.62 bits per heavy atom. The second-order valence-electron chi connectivity index (χ2n) is 9.75. The summed E-state index contributed by atoms with van der Waals surface area (Å²) in [6.07, 6.45) is 1.58. The molecule has 4 rings (SSSR count). The maximum atomic E-state index is 13.5. The standard InChI is InChI=1S/C27H35N3O4/c1-18-14-30(19(2)17-31)27(33)22-10-7-11-23(28-26(32)21-12-13-21)25(22)34-24(18)16-29(3)15-20-8-5-4-6-9-20/h4-11,18-19,21,24,31H,12-17H2,1-3H3,(H,28,32)/t18-,19+,24-/m0/s1. The molecule has 0 bridgehead atoms. The summed E-state index contributed by atoms with van der Waals surface area (Å²) in [7, 11) is 2.06. The van der Waals surface area contributed by atoms with Gasteiger partial charge in [0.1, 0.15) is 6.10 Å². The molecule has 7 nitrogen and oxygen atoms in total. The molecular weight excluding hydrogens is 430 g/mol. The van der Waals surface area contributed by atoms with Crippen LogP contribution in [0.15, 0.2) is 48.5 Å². The fourth-order valence-corrected chi connectivity index (χ4v) is 4.41. The minimum atomic E-state index is -0.326. The number of carbonyl (C=O) groups is 2. The number of hydrogen-bond acceptors (Lipinski definition) is 5. The van der Waals surface area contributed by atoms with Gasteiger partial charge in [-0.15, -0.1) is 0 Å². The van der Waals surface area contributed by atoms with E-state index in [1.165, 1.54) is 5.56 Å². The van der Waals surface area contributed by atoms with Crippen LogP contribution < -0.4 is 10.1 Å². The third-order valence-electron chi connectivity index (χ3n) is 6.68. The number of aliphatic hydroxyl groups excluding tert-OH is 1. The zero-order chi connectivity index (χ0) is 24.2. The number of rotatable bonds is 8. The highest BCUT2D eigenvalue weighted by Gasteiger charge is 2.35. The van der Waals surface area contributed by atoms with Crippen LogP contribution in [0.2, 0.25) is 0 Å². The van der Waals surface area contributed by atoms with Gasteiger partial charge in [-0.2, -0.15) is 0 Å². The largest absolute Gasteiger partial charge is 0.486 e. The molecule has 3 atom stereocenters. The molecule has 2 aromatic rings. The van der Waals surface area contributed by atoms with E-state index in [1.54, 1.807) is 23.1 Å². The van der Waals surface area contributed by atoms with E-state index in [0.717, 1.165) is 19.4 Å². The fraction of sp³-hybridized carbons (Fsp3) is 0.481. The predicted molar refractivity (Wildman–Crippen MR) is 132 cm³/mol. The molecule has 7 heteroatoms. The number of aliphatic hydroxyl groups is 1. The Labute approximate surface area is 201 Å². The van der Waals surface area contributed by atoms with Crippen molar-refractivity contribution >= 4 is 17.5 Å². The number of benzene rings is 2. The van der Waals surface area contributed by atoms with Gasteiger partial charge in [0, 0.05) is 31.5 Å². The summed E-state index contributed by atoms with van der Waals surface area (Å²) in [6.45, 7) is 5.70. The highest BCUT2D eigenvalue weighted by molar-refractivity contribution is 6.02. The lowest BCUT2D eigenvalue weighted by molar-refractivity contribution is -0.117. The van der Waals surface area contributed by atoms with Crippen LogP contribution >= 0.6 is 0 Å². The lowest BCUT2D eigenvalue weighted by atomic mass is 9.98. The molecule has 1 heterocycles. The van der Waals surface area contributed by atoms with Crippen LogP contribution in [0.5, 0.6) is 5.75 Å². The number of ether oxygens (including phenoxy) is 1. The summed E-state index contributed by atoms with van der Waals surface area (Å²) in [5.41, 5.74) is 2.16. The summed E-state index contributed by atoms with van der Waals surface area (Å²) in [4.78, 5) is 30.0. The fourth-order valence-electron chi connectivity index (χ4n) is 4.41. The molecule has 0 spiro atoms. The van der Waals surface area contributed by atoms with Crippen molar-refractivity contribution in [2.24, 2.45) is 11.8 Å². The van der Waals surface area contributed by atoms with E-state index in [0.29, 0.717) is 30.1 Å². The number of nitrogens with zero attached hydrogens (tertiary/aromatic N) is 2. The first-order chi connectivity index (χ1) is 16.4. The Hall–Kier alpha value is -2.90. The van der Waals surface area contributed by atoms with Crippen LogP contribution in [0.25, 0.3) is 0 Å².